The van der Waals surface area contributed by atoms with E-state index in [9.17, 15) is 0 Å². The average Bonchev–Trinajstić information content (AvgIpc) is 3.18. The lowest BCUT2D eigenvalue weighted by Gasteiger charge is -2.19. The van der Waals surface area contributed by atoms with Crippen LogP contribution in [0.5, 0.6) is 0 Å². The van der Waals surface area contributed by atoms with Crippen LogP contribution in [0.15, 0.2) is 29.4 Å². The third-order valence-electron chi connectivity index (χ3n) is 3.70. The molecule has 1 unspecified atom stereocenters. The molecule has 7 heteroatoms. The molecule has 0 fully saturated rings. The van der Waals surface area contributed by atoms with Gasteiger partial charge in [-0.3, -0.25) is 4.90 Å². The van der Waals surface area contributed by atoms with E-state index in [-0.39, 0.29) is 6.10 Å². The highest BCUT2D eigenvalue weighted by Crippen LogP contribution is 2.17. The second-order valence-corrected chi connectivity index (χ2v) is 5.58. The van der Waals surface area contributed by atoms with E-state index >= 15 is 0 Å². The van der Waals surface area contributed by atoms with Gasteiger partial charge in [-0.25, -0.2) is 0 Å². The highest BCUT2D eigenvalue weighted by molar-refractivity contribution is 5.85. The standard InChI is InChI=1S/C15H20N6O/c1-3-13-8-14(22-18-13)10-21(2)9-11-5-4-6-12(7-11)15-16-19-20-17-15/h4-7,14H,3,8-10H2,1-2H3,(H,16,17,19,20). The van der Waals surface area contributed by atoms with Gasteiger partial charge in [0.05, 0.1) is 5.71 Å². The summed E-state index contributed by atoms with van der Waals surface area (Å²) in [6.07, 6.45) is 2.07. The number of nitrogens with zero attached hydrogens (tertiary/aromatic N) is 5. The second kappa shape index (κ2) is 6.65. The van der Waals surface area contributed by atoms with E-state index in [0.717, 1.165) is 37.2 Å². The molecule has 0 spiro atoms. The van der Waals surface area contributed by atoms with Gasteiger partial charge in [0.25, 0.3) is 0 Å². The summed E-state index contributed by atoms with van der Waals surface area (Å²) in [5, 5.41) is 18.2. The lowest BCUT2D eigenvalue weighted by Crippen LogP contribution is -2.29. The summed E-state index contributed by atoms with van der Waals surface area (Å²) in [4.78, 5) is 7.71. The Balaban J connectivity index is 1.58. The molecule has 2 heterocycles. The molecule has 22 heavy (non-hydrogen) atoms. The number of aromatic nitrogens is 4. The van der Waals surface area contributed by atoms with E-state index in [1.807, 2.05) is 12.1 Å². The van der Waals surface area contributed by atoms with Crippen molar-refractivity contribution in [3.63, 3.8) is 0 Å². The van der Waals surface area contributed by atoms with Crippen molar-refractivity contribution in [2.45, 2.75) is 32.4 Å². The summed E-state index contributed by atoms with van der Waals surface area (Å²) in [6.45, 7) is 3.81. The summed E-state index contributed by atoms with van der Waals surface area (Å²) in [7, 11) is 2.09. The summed E-state index contributed by atoms with van der Waals surface area (Å²) in [5.41, 5.74) is 3.32. The third kappa shape index (κ3) is 3.48. The van der Waals surface area contributed by atoms with Crippen molar-refractivity contribution in [1.82, 2.24) is 25.5 Å². The summed E-state index contributed by atoms with van der Waals surface area (Å²) in [6, 6.07) is 8.18. The largest absolute Gasteiger partial charge is 0.391 e. The third-order valence-corrected chi connectivity index (χ3v) is 3.70. The molecule has 1 aliphatic rings. The van der Waals surface area contributed by atoms with E-state index in [1.165, 1.54) is 5.56 Å². The molecule has 0 saturated heterocycles. The Hall–Kier alpha value is -2.28. The van der Waals surface area contributed by atoms with Gasteiger partial charge < -0.3 is 4.84 Å². The zero-order valence-corrected chi connectivity index (χ0v) is 12.9. The van der Waals surface area contributed by atoms with E-state index in [4.69, 9.17) is 4.84 Å². The molecule has 0 amide bonds. The van der Waals surface area contributed by atoms with Crippen molar-refractivity contribution in [3.05, 3.63) is 29.8 Å². The molecule has 1 aromatic heterocycles. The van der Waals surface area contributed by atoms with Gasteiger partial charge >= 0.3 is 0 Å². The van der Waals surface area contributed by atoms with Crippen LogP contribution in [0.25, 0.3) is 11.4 Å². The summed E-state index contributed by atoms with van der Waals surface area (Å²) in [5.74, 6) is 0.615. The number of aromatic amines is 1. The minimum Gasteiger partial charge on any atom is -0.391 e. The van der Waals surface area contributed by atoms with Crippen molar-refractivity contribution in [2.24, 2.45) is 5.16 Å². The molecule has 1 N–H and O–H groups in total. The van der Waals surface area contributed by atoms with Crippen LogP contribution in [0.2, 0.25) is 0 Å². The number of oxime groups is 1. The van der Waals surface area contributed by atoms with E-state index in [2.05, 4.69) is 56.8 Å². The fourth-order valence-corrected chi connectivity index (χ4v) is 2.61. The number of rotatable bonds is 6. The Labute approximate surface area is 129 Å². The van der Waals surface area contributed by atoms with E-state index in [0.29, 0.717) is 5.82 Å². The Morgan fingerprint density at radius 2 is 2.32 bits per heavy atom. The van der Waals surface area contributed by atoms with Gasteiger partial charge in [-0.05, 0) is 30.3 Å². The van der Waals surface area contributed by atoms with Crippen molar-refractivity contribution >= 4 is 5.71 Å². The van der Waals surface area contributed by atoms with Crippen LogP contribution in [-0.2, 0) is 11.4 Å². The number of likely N-dealkylation sites (N-methyl/N-ethyl adjacent to an activating group) is 1. The molecular weight excluding hydrogens is 280 g/mol. The van der Waals surface area contributed by atoms with Gasteiger partial charge in [0.1, 0.15) is 6.10 Å². The predicted molar refractivity (Wildman–Crippen MR) is 83.2 cm³/mol. The van der Waals surface area contributed by atoms with Gasteiger partial charge in [-0.2, -0.15) is 5.21 Å². The van der Waals surface area contributed by atoms with Gasteiger partial charge in [0, 0.05) is 25.1 Å². The van der Waals surface area contributed by atoms with Crippen molar-refractivity contribution in [3.8, 4) is 11.4 Å². The molecular formula is C15H20N6O. The number of hydrogen-bond donors (Lipinski definition) is 1. The first kappa shape index (κ1) is 14.6. The molecule has 1 aromatic carbocycles. The van der Waals surface area contributed by atoms with Crippen molar-refractivity contribution in [1.29, 1.82) is 0 Å². The monoisotopic (exact) mass is 300 g/mol. The molecule has 0 aliphatic carbocycles. The number of hydrogen-bond acceptors (Lipinski definition) is 6. The van der Waals surface area contributed by atoms with E-state index in [1.54, 1.807) is 0 Å². The minimum atomic E-state index is 0.167. The molecule has 3 rings (SSSR count). The van der Waals surface area contributed by atoms with Crippen molar-refractivity contribution < 1.29 is 4.84 Å². The maximum Gasteiger partial charge on any atom is 0.204 e. The molecule has 2 aromatic rings. The number of benzene rings is 1. The number of tetrazole rings is 1. The highest BCUT2D eigenvalue weighted by Gasteiger charge is 2.21. The molecule has 0 radical (unpaired) electrons. The molecule has 0 saturated carbocycles. The normalized spacial score (nSPS) is 17.6. The van der Waals surface area contributed by atoms with Gasteiger partial charge in [-0.1, -0.05) is 30.3 Å². The van der Waals surface area contributed by atoms with Crippen molar-refractivity contribution in [2.75, 3.05) is 13.6 Å². The van der Waals surface area contributed by atoms with Gasteiger partial charge in [0.15, 0.2) is 0 Å². The topological polar surface area (TPSA) is 79.3 Å². The summed E-state index contributed by atoms with van der Waals surface area (Å²) < 4.78 is 0. The first-order valence-corrected chi connectivity index (χ1v) is 7.47. The minimum absolute atomic E-state index is 0.167. The Kier molecular flexibility index (Phi) is 4.43. The fraction of sp³-hybridized carbons (Fsp3) is 0.467. The lowest BCUT2D eigenvalue weighted by molar-refractivity contribution is 0.0576. The van der Waals surface area contributed by atoms with Gasteiger partial charge in [-0.15, -0.1) is 10.2 Å². The van der Waals surface area contributed by atoms with Crippen LogP contribution in [0.3, 0.4) is 0 Å². The quantitative estimate of drug-likeness (QED) is 0.880. The predicted octanol–water partition coefficient (Wildman–Crippen LogP) is 1.85. The maximum atomic E-state index is 5.46. The SMILES string of the molecule is CCC1=NOC(CN(C)Cc2cccc(-c3nn[nH]n3)c2)C1. The molecule has 0 bridgehead atoms. The molecule has 1 aliphatic heterocycles. The molecule has 7 nitrogen and oxygen atoms in total. The number of nitrogens with one attached hydrogen (secondary N) is 1. The van der Waals surface area contributed by atoms with Crippen LogP contribution in [-0.4, -0.2) is 50.9 Å². The zero-order valence-electron chi connectivity index (χ0n) is 12.9. The van der Waals surface area contributed by atoms with Gasteiger partial charge in [0.2, 0.25) is 5.82 Å². The molecule has 1 atom stereocenters. The van der Waals surface area contributed by atoms with Crippen LogP contribution in [0, 0.1) is 0 Å². The smallest absolute Gasteiger partial charge is 0.204 e. The van der Waals surface area contributed by atoms with E-state index < -0.39 is 0 Å². The first-order valence-electron chi connectivity index (χ1n) is 7.47. The van der Waals surface area contributed by atoms with Crippen LogP contribution >= 0.6 is 0 Å². The van der Waals surface area contributed by atoms with Crippen LogP contribution in [0.4, 0.5) is 0 Å². The maximum absolute atomic E-state index is 5.46. The zero-order chi connectivity index (χ0) is 15.4. The molecule has 116 valence electrons. The average molecular weight is 300 g/mol. The van der Waals surface area contributed by atoms with Crippen LogP contribution < -0.4 is 0 Å². The number of H-pyrrole nitrogens is 1. The highest BCUT2D eigenvalue weighted by atomic mass is 16.6. The first-order chi connectivity index (χ1) is 10.7. The summed E-state index contributed by atoms with van der Waals surface area (Å²) >= 11 is 0. The Morgan fingerprint density at radius 1 is 1.41 bits per heavy atom. The second-order valence-electron chi connectivity index (χ2n) is 5.58. The fourth-order valence-electron chi connectivity index (χ4n) is 2.61. The lowest BCUT2D eigenvalue weighted by atomic mass is 10.1. The Bertz CT molecular complexity index is 639. The Morgan fingerprint density at radius 3 is 3.05 bits per heavy atom. The van der Waals surface area contributed by atoms with Crippen LogP contribution in [0.1, 0.15) is 25.3 Å².